The molecule has 0 aliphatic carbocycles. The van der Waals surface area contributed by atoms with E-state index in [4.69, 9.17) is 4.74 Å². The summed E-state index contributed by atoms with van der Waals surface area (Å²) in [5.74, 6) is 1.88. The smallest absolute Gasteiger partial charge is 0.135 e. The van der Waals surface area contributed by atoms with E-state index >= 15 is 0 Å². The Bertz CT molecular complexity index is 569. The van der Waals surface area contributed by atoms with Crippen molar-refractivity contribution in [2.24, 2.45) is 0 Å². The lowest BCUT2D eigenvalue weighted by Crippen LogP contribution is -2.07. The van der Waals surface area contributed by atoms with Crippen LogP contribution in [0.15, 0.2) is 54.6 Å². The summed E-state index contributed by atoms with van der Waals surface area (Å²) in [5.41, 5.74) is 3.63. The third-order valence-corrected chi connectivity index (χ3v) is 3.32. The van der Waals surface area contributed by atoms with Crippen molar-refractivity contribution in [3.63, 3.8) is 0 Å². The maximum Gasteiger partial charge on any atom is 0.135 e. The Morgan fingerprint density at radius 3 is 2.11 bits per heavy atom. The summed E-state index contributed by atoms with van der Waals surface area (Å²) in [5, 5.41) is 3.18. The van der Waals surface area contributed by atoms with Gasteiger partial charge in [-0.2, -0.15) is 0 Å². The standard InChI is InChI=1S/C17H17NO/c1-18-12-6-9-13-14-7-2-4-10-16(14)19-17-11-5-3-8-15(13)17/h2-5,7-11,18H,6,12H2,1H3. The van der Waals surface area contributed by atoms with Crippen LogP contribution in [0.25, 0.3) is 5.57 Å². The van der Waals surface area contributed by atoms with Crippen LogP contribution in [0.4, 0.5) is 0 Å². The first-order valence-corrected chi connectivity index (χ1v) is 6.61. The maximum absolute atomic E-state index is 5.96. The molecule has 0 amide bonds. The number of nitrogens with one attached hydrogen (secondary N) is 1. The van der Waals surface area contributed by atoms with Crippen LogP contribution in [-0.4, -0.2) is 13.6 Å². The SMILES string of the molecule is CNCCC=C1c2ccccc2Oc2ccccc21. The highest BCUT2D eigenvalue weighted by Crippen LogP contribution is 2.43. The lowest BCUT2D eigenvalue weighted by Gasteiger charge is -2.22. The molecule has 2 nitrogen and oxygen atoms in total. The molecular weight excluding hydrogens is 234 g/mol. The number of fused-ring (bicyclic) bond motifs is 2. The summed E-state index contributed by atoms with van der Waals surface area (Å²) in [7, 11) is 1.98. The molecule has 2 heteroatoms. The van der Waals surface area contributed by atoms with E-state index < -0.39 is 0 Å². The summed E-state index contributed by atoms with van der Waals surface area (Å²) >= 11 is 0. The summed E-state index contributed by atoms with van der Waals surface area (Å²) in [6.45, 7) is 0.981. The number of rotatable bonds is 3. The Balaban J connectivity index is 2.09. The Hall–Kier alpha value is -2.06. The third kappa shape index (κ3) is 2.27. The summed E-state index contributed by atoms with van der Waals surface area (Å²) in [4.78, 5) is 0. The first-order valence-electron chi connectivity index (χ1n) is 6.61. The van der Waals surface area contributed by atoms with Crippen molar-refractivity contribution in [2.75, 3.05) is 13.6 Å². The monoisotopic (exact) mass is 251 g/mol. The first kappa shape index (κ1) is 12.0. The Labute approximate surface area is 113 Å². The van der Waals surface area contributed by atoms with E-state index in [1.54, 1.807) is 0 Å². The fraction of sp³-hybridized carbons (Fsp3) is 0.176. The number of hydrogen-bond donors (Lipinski definition) is 1. The van der Waals surface area contributed by atoms with E-state index in [0.29, 0.717) is 0 Å². The molecule has 0 spiro atoms. The fourth-order valence-corrected chi connectivity index (χ4v) is 2.40. The Morgan fingerprint density at radius 2 is 1.53 bits per heavy atom. The minimum Gasteiger partial charge on any atom is -0.456 e. The highest BCUT2D eigenvalue weighted by Gasteiger charge is 2.20. The normalized spacial score (nSPS) is 12.4. The second kappa shape index (κ2) is 5.29. The topological polar surface area (TPSA) is 21.3 Å². The number of ether oxygens (including phenoxy) is 1. The van der Waals surface area contributed by atoms with Crippen LogP contribution in [0.1, 0.15) is 17.5 Å². The van der Waals surface area contributed by atoms with Gasteiger partial charge in [0.2, 0.25) is 0 Å². The highest BCUT2D eigenvalue weighted by molar-refractivity contribution is 5.87. The molecule has 0 fully saturated rings. The zero-order valence-corrected chi connectivity index (χ0v) is 11.0. The molecule has 0 saturated heterocycles. The molecule has 0 atom stereocenters. The minimum atomic E-state index is 0.942. The van der Waals surface area contributed by atoms with Gasteiger partial charge in [0.1, 0.15) is 11.5 Å². The van der Waals surface area contributed by atoms with Gasteiger partial charge in [-0.3, -0.25) is 0 Å². The van der Waals surface area contributed by atoms with Gasteiger partial charge >= 0.3 is 0 Å². The lowest BCUT2D eigenvalue weighted by molar-refractivity contribution is 0.474. The third-order valence-electron chi connectivity index (χ3n) is 3.32. The molecule has 1 aliphatic rings. The molecule has 1 heterocycles. The molecule has 1 N–H and O–H groups in total. The van der Waals surface area contributed by atoms with Crippen molar-refractivity contribution in [1.29, 1.82) is 0 Å². The van der Waals surface area contributed by atoms with Crippen molar-refractivity contribution >= 4 is 5.57 Å². The van der Waals surface area contributed by atoms with E-state index in [-0.39, 0.29) is 0 Å². The maximum atomic E-state index is 5.96. The quantitative estimate of drug-likeness (QED) is 0.714. The number of para-hydroxylation sites is 2. The zero-order chi connectivity index (χ0) is 13.1. The first-order chi connectivity index (χ1) is 9.40. The molecule has 2 aromatic rings. The fourth-order valence-electron chi connectivity index (χ4n) is 2.40. The van der Waals surface area contributed by atoms with E-state index in [1.807, 2.05) is 31.3 Å². The average Bonchev–Trinajstić information content (AvgIpc) is 2.46. The van der Waals surface area contributed by atoms with Crippen LogP contribution in [0.5, 0.6) is 11.5 Å². The van der Waals surface area contributed by atoms with Gasteiger partial charge in [0.05, 0.1) is 0 Å². The van der Waals surface area contributed by atoms with Gasteiger partial charge in [0.15, 0.2) is 0 Å². The van der Waals surface area contributed by atoms with E-state index in [2.05, 4.69) is 35.7 Å². The van der Waals surface area contributed by atoms with Gasteiger partial charge < -0.3 is 10.1 Å². The van der Waals surface area contributed by atoms with Crippen molar-refractivity contribution in [2.45, 2.75) is 6.42 Å². The van der Waals surface area contributed by atoms with Crippen LogP contribution >= 0.6 is 0 Å². The van der Waals surface area contributed by atoms with Gasteiger partial charge in [-0.15, -0.1) is 0 Å². The van der Waals surface area contributed by atoms with Gasteiger partial charge in [-0.1, -0.05) is 42.5 Å². The Morgan fingerprint density at radius 1 is 0.947 bits per heavy atom. The second-order valence-electron chi connectivity index (χ2n) is 4.60. The molecule has 0 aromatic heterocycles. The second-order valence-corrected chi connectivity index (χ2v) is 4.60. The number of hydrogen-bond acceptors (Lipinski definition) is 2. The molecule has 0 radical (unpaired) electrons. The van der Waals surface area contributed by atoms with E-state index in [9.17, 15) is 0 Å². The summed E-state index contributed by atoms with van der Waals surface area (Å²) < 4.78 is 5.96. The zero-order valence-electron chi connectivity index (χ0n) is 11.0. The predicted molar refractivity (Wildman–Crippen MR) is 78.6 cm³/mol. The highest BCUT2D eigenvalue weighted by atomic mass is 16.5. The summed E-state index contributed by atoms with van der Waals surface area (Å²) in [6, 6.07) is 16.4. The Kier molecular flexibility index (Phi) is 3.34. The predicted octanol–water partition coefficient (Wildman–Crippen LogP) is 3.83. The molecule has 0 unspecified atom stereocenters. The lowest BCUT2D eigenvalue weighted by atomic mass is 9.93. The van der Waals surface area contributed by atoms with Gasteiger partial charge in [0.25, 0.3) is 0 Å². The molecule has 96 valence electrons. The molecule has 2 aromatic carbocycles. The van der Waals surface area contributed by atoms with Gasteiger partial charge in [-0.25, -0.2) is 0 Å². The van der Waals surface area contributed by atoms with Gasteiger partial charge in [-0.05, 0) is 37.7 Å². The summed E-state index contributed by atoms with van der Waals surface area (Å²) in [6.07, 6.45) is 3.30. The molecular formula is C17H17NO. The van der Waals surface area contributed by atoms with E-state index in [0.717, 1.165) is 24.5 Å². The molecule has 0 bridgehead atoms. The van der Waals surface area contributed by atoms with Crippen molar-refractivity contribution in [3.8, 4) is 11.5 Å². The van der Waals surface area contributed by atoms with Crippen molar-refractivity contribution in [3.05, 3.63) is 65.7 Å². The van der Waals surface area contributed by atoms with Crippen LogP contribution in [-0.2, 0) is 0 Å². The minimum absolute atomic E-state index is 0.942. The van der Waals surface area contributed by atoms with Crippen LogP contribution < -0.4 is 10.1 Å². The van der Waals surface area contributed by atoms with Crippen molar-refractivity contribution in [1.82, 2.24) is 5.32 Å². The van der Waals surface area contributed by atoms with Crippen LogP contribution in [0.2, 0.25) is 0 Å². The molecule has 1 aliphatic heterocycles. The van der Waals surface area contributed by atoms with E-state index in [1.165, 1.54) is 16.7 Å². The molecule has 3 rings (SSSR count). The van der Waals surface area contributed by atoms with Crippen molar-refractivity contribution < 1.29 is 4.74 Å². The van der Waals surface area contributed by atoms with Gasteiger partial charge in [0, 0.05) is 11.1 Å². The van der Waals surface area contributed by atoms with Crippen LogP contribution in [0, 0.1) is 0 Å². The van der Waals surface area contributed by atoms with Crippen LogP contribution in [0.3, 0.4) is 0 Å². The number of benzene rings is 2. The average molecular weight is 251 g/mol. The largest absolute Gasteiger partial charge is 0.456 e. The molecule has 0 saturated carbocycles. The molecule has 19 heavy (non-hydrogen) atoms.